The fourth-order valence-corrected chi connectivity index (χ4v) is 2.79. The van der Waals surface area contributed by atoms with E-state index in [0.29, 0.717) is 6.54 Å². The summed E-state index contributed by atoms with van der Waals surface area (Å²) in [7, 11) is 3.54. The number of nitrogens with zero attached hydrogens (tertiary/aromatic N) is 2. The van der Waals surface area contributed by atoms with E-state index < -0.39 is 0 Å². The highest BCUT2D eigenvalue weighted by atomic mass is 79.9. The summed E-state index contributed by atoms with van der Waals surface area (Å²) in [5.41, 5.74) is 2.00. The Bertz CT molecular complexity index is 847. The molecule has 2 aromatic carbocycles. The van der Waals surface area contributed by atoms with E-state index in [0.717, 1.165) is 26.7 Å². The fourth-order valence-electron chi connectivity index (χ4n) is 2.44. The van der Waals surface area contributed by atoms with Gasteiger partial charge in [0.1, 0.15) is 5.75 Å². The Morgan fingerprint density at radius 3 is 2.52 bits per heavy atom. The maximum Gasteiger partial charge on any atom is 0.274 e. The van der Waals surface area contributed by atoms with Crippen LogP contribution in [0.2, 0.25) is 0 Å². The van der Waals surface area contributed by atoms with E-state index in [1.54, 1.807) is 11.8 Å². The van der Waals surface area contributed by atoms with E-state index in [-0.39, 0.29) is 5.56 Å². The molecule has 0 aliphatic carbocycles. The Labute approximate surface area is 130 Å². The van der Waals surface area contributed by atoms with Crippen LogP contribution in [-0.4, -0.2) is 16.5 Å². The zero-order chi connectivity index (χ0) is 15.0. The molecular formula is C16H15BrN2O2. The van der Waals surface area contributed by atoms with Gasteiger partial charge in [-0.2, -0.15) is 0 Å². The lowest BCUT2D eigenvalue weighted by molar-refractivity contribution is 0.414. The Morgan fingerprint density at radius 1 is 1.14 bits per heavy atom. The van der Waals surface area contributed by atoms with Crippen LogP contribution in [0.15, 0.2) is 51.7 Å². The van der Waals surface area contributed by atoms with Crippen LogP contribution in [-0.2, 0) is 13.6 Å². The molecule has 3 rings (SSSR count). The standard InChI is InChI=1S/C16H15BrN2O2/c1-18-15-9-12(17)5-8-14(15)16(20)19(18)10-11-3-6-13(21-2)7-4-11/h3-9H,10H2,1-2H3. The molecule has 0 aliphatic heterocycles. The van der Waals surface area contributed by atoms with Crippen molar-refractivity contribution < 1.29 is 4.74 Å². The highest BCUT2D eigenvalue weighted by Crippen LogP contribution is 2.18. The predicted molar refractivity (Wildman–Crippen MR) is 87.0 cm³/mol. The molecule has 5 heteroatoms. The molecule has 3 aromatic rings. The van der Waals surface area contributed by atoms with Crippen LogP contribution in [0.3, 0.4) is 0 Å². The zero-order valence-electron chi connectivity index (χ0n) is 11.8. The molecule has 0 unspecified atom stereocenters. The summed E-state index contributed by atoms with van der Waals surface area (Å²) < 4.78 is 9.74. The van der Waals surface area contributed by atoms with Crippen LogP contribution < -0.4 is 10.3 Å². The lowest BCUT2D eigenvalue weighted by Gasteiger charge is -2.08. The van der Waals surface area contributed by atoms with Crippen LogP contribution >= 0.6 is 15.9 Å². The Hall–Kier alpha value is -2.01. The first kappa shape index (κ1) is 13.9. The molecule has 0 fully saturated rings. The van der Waals surface area contributed by atoms with Gasteiger partial charge in [0.25, 0.3) is 5.56 Å². The fraction of sp³-hybridized carbons (Fsp3) is 0.188. The van der Waals surface area contributed by atoms with Gasteiger partial charge in [-0.1, -0.05) is 28.1 Å². The summed E-state index contributed by atoms with van der Waals surface area (Å²) in [6.45, 7) is 0.533. The van der Waals surface area contributed by atoms with Crippen molar-refractivity contribution in [2.75, 3.05) is 7.11 Å². The summed E-state index contributed by atoms with van der Waals surface area (Å²) in [5.74, 6) is 0.812. The van der Waals surface area contributed by atoms with Gasteiger partial charge >= 0.3 is 0 Å². The van der Waals surface area contributed by atoms with E-state index in [2.05, 4.69) is 15.9 Å². The number of aryl methyl sites for hydroxylation is 1. The van der Waals surface area contributed by atoms with Gasteiger partial charge in [0.15, 0.2) is 0 Å². The molecule has 0 amide bonds. The van der Waals surface area contributed by atoms with E-state index in [9.17, 15) is 4.79 Å². The first-order valence-electron chi connectivity index (χ1n) is 6.58. The smallest absolute Gasteiger partial charge is 0.274 e. The average Bonchev–Trinajstić information content (AvgIpc) is 2.73. The van der Waals surface area contributed by atoms with Crippen LogP contribution in [0.1, 0.15) is 5.56 Å². The number of hydrogen-bond acceptors (Lipinski definition) is 2. The Kier molecular flexibility index (Phi) is 3.59. The van der Waals surface area contributed by atoms with Gasteiger partial charge in [-0.05, 0) is 35.9 Å². The number of fused-ring (bicyclic) bond motifs is 1. The highest BCUT2D eigenvalue weighted by molar-refractivity contribution is 9.10. The van der Waals surface area contributed by atoms with Gasteiger partial charge in [0, 0.05) is 11.5 Å². The molecule has 108 valence electrons. The van der Waals surface area contributed by atoms with E-state index in [4.69, 9.17) is 4.74 Å². The van der Waals surface area contributed by atoms with Crippen molar-refractivity contribution in [3.05, 3.63) is 62.9 Å². The molecule has 0 N–H and O–H groups in total. The summed E-state index contributed by atoms with van der Waals surface area (Å²) in [6, 6.07) is 13.5. The molecule has 1 heterocycles. The predicted octanol–water partition coefficient (Wildman–Crippen LogP) is 3.16. The van der Waals surface area contributed by atoms with Crippen molar-refractivity contribution in [1.29, 1.82) is 0 Å². The number of benzene rings is 2. The summed E-state index contributed by atoms with van der Waals surface area (Å²) >= 11 is 3.44. The van der Waals surface area contributed by atoms with Crippen molar-refractivity contribution in [3.63, 3.8) is 0 Å². The van der Waals surface area contributed by atoms with E-state index in [1.807, 2.05) is 54.2 Å². The maximum absolute atomic E-state index is 12.5. The van der Waals surface area contributed by atoms with Crippen molar-refractivity contribution in [2.45, 2.75) is 6.54 Å². The number of hydrogen-bond donors (Lipinski definition) is 0. The van der Waals surface area contributed by atoms with Gasteiger partial charge in [0.2, 0.25) is 0 Å². The molecule has 0 radical (unpaired) electrons. The van der Waals surface area contributed by atoms with Gasteiger partial charge in [0.05, 0.1) is 24.6 Å². The van der Waals surface area contributed by atoms with Gasteiger partial charge < -0.3 is 4.74 Å². The molecule has 21 heavy (non-hydrogen) atoms. The molecule has 0 bridgehead atoms. The summed E-state index contributed by atoms with van der Waals surface area (Å²) in [6.07, 6.45) is 0. The largest absolute Gasteiger partial charge is 0.497 e. The number of aromatic nitrogens is 2. The number of halogens is 1. The third-order valence-electron chi connectivity index (χ3n) is 3.63. The lowest BCUT2D eigenvalue weighted by Crippen LogP contribution is -2.21. The lowest BCUT2D eigenvalue weighted by atomic mass is 10.2. The van der Waals surface area contributed by atoms with E-state index in [1.165, 1.54) is 0 Å². The SMILES string of the molecule is COc1ccc(Cn2c(=O)c3ccc(Br)cc3n2C)cc1. The van der Waals surface area contributed by atoms with Crippen molar-refractivity contribution in [3.8, 4) is 5.75 Å². The minimum atomic E-state index is 0.0239. The molecule has 0 spiro atoms. The van der Waals surface area contributed by atoms with Gasteiger partial charge in [-0.25, -0.2) is 4.68 Å². The van der Waals surface area contributed by atoms with Crippen LogP contribution in [0.5, 0.6) is 5.75 Å². The second-order valence-corrected chi connectivity index (χ2v) is 5.81. The van der Waals surface area contributed by atoms with Gasteiger partial charge in [-0.15, -0.1) is 0 Å². The molecular weight excluding hydrogens is 332 g/mol. The van der Waals surface area contributed by atoms with Crippen molar-refractivity contribution in [1.82, 2.24) is 9.36 Å². The normalized spacial score (nSPS) is 11.0. The van der Waals surface area contributed by atoms with Gasteiger partial charge in [-0.3, -0.25) is 9.48 Å². The molecule has 0 saturated carbocycles. The minimum Gasteiger partial charge on any atom is -0.497 e. The topological polar surface area (TPSA) is 36.2 Å². The van der Waals surface area contributed by atoms with Crippen LogP contribution in [0, 0.1) is 0 Å². The van der Waals surface area contributed by atoms with Crippen LogP contribution in [0.4, 0.5) is 0 Å². The van der Waals surface area contributed by atoms with Crippen molar-refractivity contribution >= 4 is 26.8 Å². The summed E-state index contributed by atoms with van der Waals surface area (Å²) in [4.78, 5) is 12.5. The first-order chi connectivity index (χ1) is 10.1. The monoisotopic (exact) mass is 346 g/mol. The Balaban J connectivity index is 2.05. The summed E-state index contributed by atoms with van der Waals surface area (Å²) in [5, 5.41) is 0.731. The molecule has 1 aromatic heterocycles. The minimum absolute atomic E-state index is 0.0239. The molecule has 4 nitrogen and oxygen atoms in total. The average molecular weight is 347 g/mol. The third kappa shape index (κ3) is 2.49. The van der Waals surface area contributed by atoms with E-state index >= 15 is 0 Å². The highest BCUT2D eigenvalue weighted by Gasteiger charge is 2.11. The quantitative estimate of drug-likeness (QED) is 0.730. The number of ether oxygens (including phenoxy) is 1. The van der Waals surface area contributed by atoms with Crippen LogP contribution in [0.25, 0.3) is 10.9 Å². The zero-order valence-corrected chi connectivity index (χ0v) is 13.4. The molecule has 0 atom stereocenters. The number of methoxy groups -OCH3 is 1. The second kappa shape index (κ2) is 5.41. The van der Waals surface area contributed by atoms with Crippen molar-refractivity contribution in [2.24, 2.45) is 7.05 Å². The maximum atomic E-state index is 12.5. The Morgan fingerprint density at radius 2 is 1.86 bits per heavy atom. The molecule has 0 saturated heterocycles. The second-order valence-electron chi connectivity index (χ2n) is 4.90. The first-order valence-corrected chi connectivity index (χ1v) is 7.37. The number of rotatable bonds is 3. The third-order valence-corrected chi connectivity index (χ3v) is 4.12. The molecule has 0 aliphatic rings.